The molecule has 0 spiro atoms. The monoisotopic (exact) mass is 874 g/mol. The van der Waals surface area contributed by atoms with Crippen LogP contribution in [-0.2, 0) is 19.1 Å². The van der Waals surface area contributed by atoms with E-state index >= 15 is 0 Å². The van der Waals surface area contributed by atoms with Crippen LogP contribution in [0, 0.1) is 20.8 Å². The average molecular weight is 874 g/mol. The first-order valence-corrected chi connectivity index (χ1v) is 25.7. The van der Waals surface area contributed by atoms with Crippen molar-refractivity contribution in [1.29, 1.82) is 0 Å². The molecule has 0 aliphatic rings. The number of carbonyl (C=O) groups excluding carboxylic acids is 2. The maximum atomic E-state index is 12.7. The fourth-order valence-electron chi connectivity index (χ4n) is 7.69. The third-order valence-electron chi connectivity index (χ3n) is 10.8. The predicted molar refractivity (Wildman–Crippen MR) is 234 cm³/mol. The summed E-state index contributed by atoms with van der Waals surface area (Å²) in [6, 6.07) is 4.04. The molecule has 1 aromatic rings. The Bertz CT molecular complexity index is 1130. The summed E-state index contributed by atoms with van der Waals surface area (Å²) in [5.41, 5.74) is 3.36. The number of halogens is 6. The molecule has 0 fully saturated rings. The SMILES string of the molecule is CCCCCCCCCCCCCCCCCC(=O)OCC(COC(=O)CCCCCCCCCCCCCCCCC)[n+]1c(C)cc(C)cc1C.F[P-](F)(F)(F)(F)F. The van der Waals surface area contributed by atoms with E-state index in [-0.39, 0.29) is 31.2 Å². The van der Waals surface area contributed by atoms with Crippen molar-refractivity contribution < 1.29 is 48.8 Å². The summed E-state index contributed by atoms with van der Waals surface area (Å²) in [5.74, 6) is -0.293. The van der Waals surface area contributed by atoms with Gasteiger partial charge >= 0.3 is 44.9 Å². The molecule has 1 aromatic heterocycles. The first-order valence-electron chi connectivity index (χ1n) is 23.7. The van der Waals surface area contributed by atoms with Crippen molar-refractivity contribution in [1.82, 2.24) is 0 Å². The summed E-state index contributed by atoms with van der Waals surface area (Å²) in [6.45, 7) is 11.2. The van der Waals surface area contributed by atoms with Crippen molar-refractivity contribution in [3.05, 3.63) is 29.1 Å². The number of esters is 2. The summed E-state index contributed by atoms with van der Waals surface area (Å²) in [4.78, 5) is 25.4. The molecule has 1 heterocycles. The number of rotatable bonds is 37. The molecule has 1 rings (SSSR count). The van der Waals surface area contributed by atoms with E-state index in [0.717, 1.165) is 37.1 Å². The summed E-state index contributed by atoms with van der Waals surface area (Å²) in [6.07, 6.45) is 40.2. The number of aryl methyl sites for hydroxylation is 3. The Hall–Kier alpha value is -1.90. The van der Waals surface area contributed by atoms with Crippen LogP contribution in [0.1, 0.15) is 242 Å². The number of ether oxygens (including phenoxy) is 2. The molecular weight excluding hydrogens is 787 g/mol. The van der Waals surface area contributed by atoms with Gasteiger partial charge in [-0.15, -0.1) is 0 Å². The van der Waals surface area contributed by atoms with Crippen LogP contribution in [0.5, 0.6) is 0 Å². The number of hydrogen-bond acceptors (Lipinski definition) is 4. The zero-order valence-corrected chi connectivity index (χ0v) is 39.0. The Morgan fingerprint density at radius 1 is 0.458 bits per heavy atom. The van der Waals surface area contributed by atoms with Crippen molar-refractivity contribution >= 4 is 19.7 Å². The van der Waals surface area contributed by atoms with Crippen molar-refractivity contribution in [2.45, 2.75) is 246 Å². The van der Waals surface area contributed by atoms with Crippen LogP contribution >= 0.6 is 7.81 Å². The van der Waals surface area contributed by atoms with Crippen LogP contribution in [0.25, 0.3) is 0 Å². The van der Waals surface area contributed by atoms with E-state index in [1.54, 1.807) is 0 Å². The minimum atomic E-state index is -10.7. The Balaban J connectivity index is 0.00000438. The van der Waals surface area contributed by atoms with Gasteiger partial charge in [-0.2, -0.15) is 4.57 Å². The van der Waals surface area contributed by atoms with Crippen LogP contribution in [0.4, 0.5) is 25.2 Å². The second kappa shape index (κ2) is 32.8. The van der Waals surface area contributed by atoms with Crippen molar-refractivity contribution in [2.24, 2.45) is 0 Å². The number of hydrogen-bond donors (Lipinski definition) is 0. The molecule has 0 aliphatic heterocycles. The van der Waals surface area contributed by atoms with Gasteiger partial charge in [-0.05, 0) is 25.3 Å². The van der Waals surface area contributed by atoms with Crippen LogP contribution in [-0.4, -0.2) is 25.2 Å². The normalized spacial score (nSPS) is 12.8. The molecule has 0 aromatic carbocycles. The third-order valence-corrected chi connectivity index (χ3v) is 10.8. The van der Waals surface area contributed by atoms with Crippen LogP contribution in [0.3, 0.4) is 0 Å². The van der Waals surface area contributed by atoms with E-state index in [4.69, 9.17) is 9.47 Å². The van der Waals surface area contributed by atoms with Crippen LogP contribution in [0.2, 0.25) is 0 Å². The molecule has 0 N–H and O–H groups in total. The van der Waals surface area contributed by atoms with Crippen LogP contribution in [0.15, 0.2) is 12.1 Å². The van der Waals surface area contributed by atoms with Gasteiger partial charge in [0.05, 0.1) is 0 Å². The number of nitrogens with zero attached hydrogens (tertiary/aromatic N) is 1. The first kappa shape index (κ1) is 57.1. The average Bonchev–Trinajstić information content (AvgIpc) is 3.14. The van der Waals surface area contributed by atoms with Gasteiger partial charge in [0.2, 0.25) is 6.04 Å². The topological polar surface area (TPSA) is 56.5 Å². The van der Waals surface area contributed by atoms with E-state index in [1.807, 2.05) is 0 Å². The Kier molecular flexibility index (Phi) is 31.7. The fraction of sp³-hybridized carbons (Fsp3) is 0.851. The summed E-state index contributed by atoms with van der Waals surface area (Å²) < 4.78 is 72.9. The fourth-order valence-corrected chi connectivity index (χ4v) is 7.69. The number of carbonyl (C=O) groups is 2. The van der Waals surface area contributed by atoms with Gasteiger partial charge < -0.3 is 9.47 Å². The van der Waals surface area contributed by atoms with Gasteiger partial charge in [0.1, 0.15) is 0 Å². The molecule has 0 unspecified atom stereocenters. The second-order valence-corrected chi connectivity index (χ2v) is 19.0. The Morgan fingerprint density at radius 3 is 0.915 bits per heavy atom. The summed E-state index contributed by atoms with van der Waals surface area (Å²) >= 11 is 0. The van der Waals surface area contributed by atoms with Crippen molar-refractivity contribution in [2.75, 3.05) is 13.2 Å². The summed E-state index contributed by atoms with van der Waals surface area (Å²) in [7, 11) is -10.7. The maximum absolute atomic E-state index is 12.7. The quantitative estimate of drug-likeness (QED) is 0.0220. The molecule has 59 heavy (non-hydrogen) atoms. The molecule has 0 radical (unpaired) electrons. The molecule has 12 heteroatoms. The summed E-state index contributed by atoms with van der Waals surface area (Å²) in [5, 5.41) is 0. The zero-order valence-electron chi connectivity index (χ0n) is 38.1. The van der Waals surface area contributed by atoms with E-state index in [9.17, 15) is 34.8 Å². The number of aromatic nitrogens is 1. The Morgan fingerprint density at radius 2 is 0.678 bits per heavy atom. The van der Waals surface area contributed by atoms with E-state index in [2.05, 4.69) is 51.3 Å². The van der Waals surface area contributed by atoms with E-state index in [1.165, 1.54) is 173 Å². The first-order chi connectivity index (χ1) is 27.8. The van der Waals surface area contributed by atoms with Crippen LogP contribution < -0.4 is 4.57 Å². The van der Waals surface area contributed by atoms with Gasteiger partial charge in [-0.1, -0.05) is 194 Å². The molecule has 5 nitrogen and oxygen atoms in total. The van der Waals surface area contributed by atoms with E-state index < -0.39 is 7.81 Å². The molecule has 0 saturated heterocycles. The molecule has 0 amide bonds. The predicted octanol–water partition coefficient (Wildman–Crippen LogP) is 17.4. The number of pyridine rings is 1. The van der Waals surface area contributed by atoms with Gasteiger partial charge in [-0.25, -0.2) is 0 Å². The minimum absolute atomic E-state index is 0.146. The zero-order chi connectivity index (χ0) is 44.3. The van der Waals surface area contributed by atoms with Gasteiger partial charge in [0, 0.05) is 38.8 Å². The molecular formula is C47H86F6NO4P. The molecule has 0 saturated carbocycles. The van der Waals surface area contributed by atoms with Gasteiger partial charge in [0.15, 0.2) is 24.6 Å². The number of unbranched alkanes of at least 4 members (excludes halogenated alkanes) is 28. The molecule has 0 bridgehead atoms. The Labute approximate surface area is 356 Å². The molecule has 350 valence electrons. The second-order valence-electron chi connectivity index (χ2n) is 17.1. The third kappa shape index (κ3) is 42.6. The van der Waals surface area contributed by atoms with E-state index in [0.29, 0.717) is 12.8 Å². The molecule has 0 aliphatic carbocycles. The van der Waals surface area contributed by atoms with Gasteiger partial charge in [-0.3, -0.25) is 9.59 Å². The van der Waals surface area contributed by atoms with Crippen molar-refractivity contribution in [3.63, 3.8) is 0 Å². The molecule has 0 atom stereocenters. The van der Waals surface area contributed by atoms with Gasteiger partial charge in [0.25, 0.3) is 0 Å². The van der Waals surface area contributed by atoms with Crippen molar-refractivity contribution in [3.8, 4) is 0 Å². The standard InChI is InChI=1S/C47H86NO4.F6P/c1-6-8-10-12-14-16-18-20-22-24-26-28-30-32-34-36-46(49)51-40-45(48-43(4)38-42(3)39-44(48)5)41-52-47(50)37-35-33-31-29-27-25-23-21-19-17-15-13-11-9-7-2;1-7(2,3,4,5)6/h38-39,45H,6-37,40-41H2,1-5H3;/q+1;-1.